The Morgan fingerprint density at radius 1 is 1.05 bits per heavy atom. The lowest BCUT2D eigenvalue weighted by Crippen LogP contribution is -2.05. The highest BCUT2D eigenvalue weighted by atomic mass is 16.5. The van der Waals surface area contributed by atoms with Gasteiger partial charge in [-0.25, -0.2) is 0 Å². The molecule has 1 N–H and O–H groups in total. The molecule has 1 heterocycles. The van der Waals surface area contributed by atoms with E-state index in [-0.39, 0.29) is 0 Å². The van der Waals surface area contributed by atoms with E-state index in [1.165, 1.54) is 5.56 Å². The highest BCUT2D eigenvalue weighted by Gasteiger charge is 2.10. The van der Waals surface area contributed by atoms with Crippen LogP contribution in [0.15, 0.2) is 36.5 Å². The van der Waals surface area contributed by atoms with E-state index in [4.69, 9.17) is 9.47 Å². The first-order chi connectivity index (χ1) is 9.78. The van der Waals surface area contributed by atoms with Crippen molar-refractivity contribution in [3.05, 3.63) is 47.8 Å². The zero-order chi connectivity index (χ0) is 14.4. The van der Waals surface area contributed by atoms with Crippen molar-refractivity contribution in [1.82, 2.24) is 4.98 Å². The van der Waals surface area contributed by atoms with E-state index in [0.717, 1.165) is 17.8 Å². The third-order valence-corrected chi connectivity index (χ3v) is 3.19. The molecule has 0 aliphatic carbocycles. The van der Waals surface area contributed by atoms with Gasteiger partial charge in [0, 0.05) is 18.0 Å². The lowest BCUT2D eigenvalue weighted by molar-refractivity contribution is 0.350. The average Bonchev–Trinajstić information content (AvgIpc) is 2.52. The number of nitrogens with one attached hydrogen (secondary N) is 1. The van der Waals surface area contributed by atoms with E-state index in [1.54, 1.807) is 26.5 Å². The molecule has 2 aromatic rings. The van der Waals surface area contributed by atoms with Gasteiger partial charge in [-0.15, -0.1) is 0 Å². The fourth-order valence-electron chi connectivity index (χ4n) is 2.02. The highest BCUT2D eigenvalue weighted by Crippen LogP contribution is 2.29. The summed E-state index contributed by atoms with van der Waals surface area (Å²) in [6.07, 6.45) is 2.77. The summed E-state index contributed by atoms with van der Waals surface area (Å²) < 4.78 is 10.6. The smallest absolute Gasteiger partial charge is 0.184 e. The van der Waals surface area contributed by atoms with Crippen LogP contribution in [0.1, 0.15) is 18.2 Å². The number of aryl methyl sites for hydroxylation is 1. The Bertz CT molecular complexity index is 553. The molecule has 1 aromatic heterocycles. The van der Waals surface area contributed by atoms with Gasteiger partial charge in [0.05, 0.1) is 20.8 Å². The van der Waals surface area contributed by atoms with Crippen molar-refractivity contribution in [3.63, 3.8) is 0 Å². The molecule has 2 rings (SSSR count). The van der Waals surface area contributed by atoms with Crippen LogP contribution in [0.2, 0.25) is 0 Å². The van der Waals surface area contributed by atoms with Gasteiger partial charge in [-0.05, 0) is 24.1 Å². The van der Waals surface area contributed by atoms with Crippen LogP contribution in [0.4, 0.5) is 5.69 Å². The molecule has 0 bridgehead atoms. The second-order valence-corrected chi connectivity index (χ2v) is 4.40. The van der Waals surface area contributed by atoms with Crippen LogP contribution in [0.25, 0.3) is 0 Å². The molecule has 0 spiro atoms. The molecule has 0 saturated heterocycles. The van der Waals surface area contributed by atoms with Crippen molar-refractivity contribution in [2.45, 2.75) is 19.9 Å². The van der Waals surface area contributed by atoms with Crippen molar-refractivity contribution in [2.75, 3.05) is 19.5 Å². The predicted molar refractivity (Wildman–Crippen MR) is 80.5 cm³/mol. The lowest BCUT2D eigenvalue weighted by atomic mass is 10.1. The summed E-state index contributed by atoms with van der Waals surface area (Å²) >= 11 is 0. The van der Waals surface area contributed by atoms with E-state index in [9.17, 15) is 0 Å². The van der Waals surface area contributed by atoms with Crippen LogP contribution in [0.5, 0.6) is 11.5 Å². The van der Waals surface area contributed by atoms with Crippen molar-refractivity contribution in [2.24, 2.45) is 0 Å². The highest BCUT2D eigenvalue weighted by molar-refractivity contribution is 5.48. The SMILES string of the molecule is CCc1ccc(NCc2nccc(OC)c2OC)cc1. The van der Waals surface area contributed by atoms with Crippen LogP contribution in [0, 0.1) is 0 Å². The molecule has 4 nitrogen and oxygen atoms in total. The molecule has 106 valence electrons. The van der Waals surface area contributed by atoms with Crippen LogP contribution in [-0.2, 0) is 13.0 Å². The summed E-state index contributed by atoms with van der Waals surface area (Å²) in [4.78, 5) is 4.34. The number of anilines is 1. The maximum atomic E-state index is 5.36. The fourth-order valence-corrected chi connectivity index (χ4v) is 2.02. The number of rotatable bonds is 6. The molecule has 0 amide bonds. The predicted octanol–water partition coefficient (Wildman–Crippen LogP) is 3.27. The van der Waals surface area contributed by atoms with Gasteiger partial charge in [-0.3, -0.25) is 4.98 Å². The topological polar surface area (TPSA) is 43.4 Å². The van der Waals surface area contributed by atoms with Crippen LogP contribution in [-0.4, -0.2) is 19.2 Å². The third-order valence-electron chi connectivity index (χ3n) is 3.19. The van der Waals surface area contributed by atoms with Gasteiger partial charge in [0.2, 0.25) is 0 Å². The summed E-state index contributed by atoms with van der Waals surface area (Å²) in [5.41, 5.74) is 3.22. The number of aromatic nitrogens is 1. The summed E-state index contributed by atoms with van der Waals surface area (Å²) in [7, 11) is 3.25. The molecule has 0 aliphatic rings. The van der Waals surface area contributed by atoms with Gasteiger partial charge < -0.3 is 14.8 Å². The van der Waals surface area contributed by atoms with Gasteiger partial charge in [0.15, 0.2) is 11.5 Å². The van der Waals surface area contributed by atoms with Crippen molar-refractivity contribution in [3.8, 4) is 11.5 Å². The molecule has 0 aliphatic heterocycles. The van der Waals surface area contributed by atoms with E-state index in [2.05, 4.69) is 41.5 Å². The molecule has 1 aromatic carbocycles. The van der Waals surface area contributed by atoms with E-state index in [0.29, 0.717) is 18.0 Å². The largest absolute Gasteiger partial charge is 0.493 e. The summed E-state index contributed by atoms with van der Waals surface area (Å²) in [5.74, 6) is 1.37. The minimum atomic E-state index is 0.589. The van der Waals surface area contributed by atoms with Crippen molar-refractivity contribution in [1.29, 1.82) is 0 Å². The average molecular weight is 272 g/mol. The van der Waals surface area contributed by atoms with Crippen LogP contribution in [0.3, 0.4) is 0 Å². The number of pyridine rings is 1. The quantitative estimate of drug-likeness (QED) is 0.876. The Morgan fingerprint density at radius 3 is 2.40 bits per heavy atom. The summed E-state index contributed by atoms with van der Waals surface area (Å²) in [6, 6.07) is 10.2. The van der Waals surface area contributed by atoms with E-state index in [1.807, 2.05) is 0 Å². The van der Waals surface area contributed by atoms with Gasteiger partial charge in [0.25, 0.3) is 0 Å². The summed E-state index contributed by atoms with van der Waals surface area (Å²) in [5, 5.41) is 3.34. The summed E-state index contributed by atoms with van der Waals surface area (Å²) in [6.45, 7) is 2.74. The molecule has 0 atom stereocenters. The molecular formula is C16H20N2O2. The minimum Gasteiger partial charge on any atom is -0.493 e. The van der Waals surface area contributed by atoms with Crippen molar-refractivity contribution < 1.29 is 9.47 Å². The fraction of sp³-hybridized carbons (Fsp3) is 0.312. The van der Waals surface area contributed by atoms with Gasteiger partial charge in [0.1, 0.15) is 5.69 Å². The molecule has 20 heavy (non-hydrogen) atoms. The number of nitrogens with zero attached hydrogens (tertiary/aromatic N) is 1. The number of benzene rings is 1. The van der Waals surface area contributed by atoms with E-state index >= 15 is 0 Å². The van der Waals surface area contributed by atoms with Gasteiger partial charge in [-0.2, -0.15) is 0 Å². The molecule has 0 saturated carbocycles. The molecule has 4 heteroatoms. The Hall–Kier alpha value is -2.23. The van der Waals surface area contributed by atoms with E-state index < -0.39 is 0 Å². The zero-order valence-corrected chi connectivity index (χ0v) is 12.1. The molecule has 0 fully saturated rings. The van der Waals surface area contributed by atoms with Crippen LogP contribution < -0.4 is 14.8 Å². The molecular weight excluding hydrogens is 252 g/mol. The third kappa shape index (κ3) is 3.20. The maximum Gasteiger partial charge on any atom is 0.184 e. The molecule has 0 unspecified atom stereocenters. The normalized spacial score (nSPS) is 10.2. The second-order valence-electron chi connectivity index (χ2n) is 4.40. The first-order valence-electron chi connectivity index (χ1n) is 6.67. The maximum absolute atomic E-state index is 5.36. The Kier molecular flexibility index (Phi) is 4.82. The first kappa shape index (κ1) is 14.2. The number of ether oxygens (including phenoxy) is 2. The van der Waals surface area contributed by atoms with Crippen LogP contribution >= 0.6 is 0 Å². The monoisotopic (exact) mass is 272 g/mol. The number of hydrogen-bond acceptors (Lipinski definition) is 4. The van der Waals surface area contributed by atoms with Crippen molar-refractivity contribution >= 4 is 5.69 Å². The zero-order valence-electron chi connectivity index (χ0n) is 12.1. The first-order valence-corrected chi connectivity index (χ1v) is 6.67. The Morgan fingerprint density at radius 2 is 1.80 bits per heavy atom. The number of methoxy groups -OCH3 is 2. The standard InChI is InChI=1S/C16H20N2O2/c1-4-12-5-7-13(8-6-12)18-11-14-16(20-3)15(19-2)9-10-17-14/h5-10,18H,4,11H2,1-3H3. The lowest BCUT2D eigenvalue weighted by Gasteiger charge is -2.12. The number of hydrogen-bond donors (Lipinski definition) is 1. The van der Waals surface area contributed by atoms with Gasteiger partial charge >= 0.3 is 0 Å². The Balaban J connectivity index is 2.10. The molecule has 0 radical (unpaired) electrons. The second kappa shape index (κ2) is 6.80. The minimum absolute atomic E-state index is 0.589. The Labute approximate surface area is 119 Å². The van der Waals surface area contributed by atoms with Gasteiger partial charge in [-0.1, -0.05) is 19.1 Å².